The van der Waals surface area contributed by atoms with Crippen LogP contribution in [0.4, 0.5) is 0 Å². The highest BCUT2D eigenvalue weighted by Gasteiger charge is 2.39. The molecular formula is C22H19ClN4O3. The maximum atomic E-state index is 12.8. The molecule has 7 nitrogen and oxygen atoms in total. The highest BCUT2D eigenvalue weighted by Crippen LogP contribution is 2.36. The third-order valence-electron chi connectivity index (χ3n) is 5.67. The second-order valence-electron chi connectivity index (χ2n) is 7.77. The molecule has 0 spiro atoms. The fraction of sp³-hybridized carbons (Fsp3) is 0.273. The van der Waals surface area contributed by atoms with E-state index in [9.17, 15) is 14.7 Å². The van der Waals surface area contributed by atoms with Crippen LogP contribution in [-0.2, 0) is 16.1 Å². The van der Waals surface area contributed by atoms with Gasteiger partial charge in [-0.1, -0.05) is 17.7 Å². The molecule has 152 valence electrons. The number of carbonyl (C=O) groups is 2. The summed E-state index contributed by atoms with van der Waals surface area (Å²) in [5, 5.41) is 20.3. The highest BCUT2D eigenvalue weighted by molar-refractivity contribution is 6.31. The molecule has 0 bridgehead atoms. The number of fused-ring (bicyclic) bond motifs is 1. The highest BCUT2D eigenvalue weighted by atomic mass is 35.5. The number of phenolic OH excluding ortho intramolecular Hbond substituents is 1. The van der Waals surface area contributed by atoms with Crippen molar-refractivity contribution in [3.8, 4) is 11.4 Å². The summed E-state index contributed by atoms with van der Waals surface area (Å²) < 4.78 is 0. The number of benzene rings is 2. The van der Waals surface area contributed by atoms with Gasteiger partial charge in [-0.25, -0.2) is 0 Å². The molecule has 0 atom stereocenters. The minimum absolute atomic E-state index is 0.0117. The molecule has 2 heterocycles. The predicted octanol–water partition coefficient (Wildman–Crippen LogP) is 3.83. The van der Waals surface area contributed by atoms with Gasteiger partial charge >= 0.3 is 0 Å². The Balaban J connectivity index is 1.52. The van der Waals surface area contributed by atoms with E-state index in [1.807, 2.05) is 6.92 Å². The van der Waals surface area contributed by atoms with E-state index < -0.39 is 0 Å². The van der Waals surface area contributed by atoms with Gasteiger partial charge in [0.25, 0.3) is 11.8 Å². The molecule has 1 aliphatic heterocycles. The number of aromatic hydroxyl groups is 1. The molecule has 2 aliphatic rings. The van der Waals surface area contributed by atoms with Crippen LogP contribution in [0.3, 0.4) is 0 Å². The second kappa shape index (κ2) is 6.95. The van der Waals surface area contributed by atoms with Gasteiger partial charge in [-0.2, -0.15) is 0 Å². The van der Waals surface area contributed by atoms with Gasteiger partial charge in [-0.05, 0) is 62.4 Å². The monoisotopic (exact) mass is 422 g/mol. The number of hydrogen-bond donors (Lipinski definition) is 1. The fourth-order valence-electron chi connectivity index (χ4n) is 4.21. The van der Waals surface area contributed by atoms with Crippen LogP contribution >= 0.6 is 11.6 Å². The van der Waals surface area contributed by atoms with Crippen molar-refractivity contribution in [3.63, 3.8) is 0 Å². The van der Waals surface area contributed by atoms with Crippen molar-refractivity contribution in [1.82, 2.24) is 19.9 Å². The molecule has 2 amide bonds. The van der Waals surface area contributed by atoms with E-state index in [0.717, 1.165) is 18.4 Å². The van der Waals surface area contributed by atoms with Crippen molar-refractivity contribution in [2.24, 2.45) is 0 Å². The Labute approximate surface area is 177 Å². The van der Waals surface area contributed by atoms with Crippen molar-refractivity contribution in [3.05, 3.63) is 57.6 Å². The summed E-state index contributed by atoms with van der Waals surface area (Å²) >= 11 is 6.03. The second-order valence-corrected chi connectivity index (χ2v) is 8.21. The summed E-state index contributed by atoms with van der Waals surface area (Å²) in [5.41, 5.74) is 4.23. The Morgan fingerprint density at radius 3 is 2.37 bits per heavy atom. The van der Waals surface area contributed by atoms with Gasteiger partial charge in [0.2, 0.25) is 0 Å². The number of amides is 2. The van der Waals surface area contributed by atoms with Crippen molar-refractivity contribution in [1.29, 1.82) is 0 Å². The number of halogens is 1. The smallest absolute Gasteiger partial charge is 0.257 e. The number of phenols is 1. The molecule has 8 heteroatoms. The van der Waals surface area contributed by atoms with Gasteiger partial charge < -0.3 is 5.11 Å². The van der Waals surface area contributed by atoms with E-state index in [-0.39, 0.29) is 24.1 Å². The van der Waals surface area contributed by atoms with Crippen LogP contribution in [0.15, 0.2) is 41.5 Å². The van der Waals surface area contributed by atoms with Crippen molar-refractivity contribution >= 4 is 34.4 Å². The normalized spacial score (nSPS) is 16.7. The maximum absolute atomic E-state index is 12.8. The van der Waals surface area contributed by atoms with E-state index in [0.29, 0.717) is 51.3 Å². The Kier molecular flexibility index (Phi) is 4.36. The summed E-state index contributed by atoms with van der Waals surface area (Å²) in [6.07, 6.45) is 3.14. The molecule has 0 saturated heterocycles. The predicted molar refractivity (Wildman–Crippen MR) is 111 cm³/mol. The maximum Gasteiger partial charge on any atom is 0.257 e. The molecule has 5 rings (SSSR count). The summed E-state index contributed by atoms with van der Waals surface area (Å²) in [7, 11) is 0. The number of aryl methyl sites for hydroxylation is 1. The molecule has 3 aromatic rings. The molecule has 1 N–H and O–H groups in total. The van der Waals surface area contributed by atoms with Gasteiger partial charge in [-0.15, -0.1) is 15.0 Å². The third kappa shape index (κ3) is 2.97. The Bertz CT molecular complexity index is 1230. The van der Waals surface area contributed by atoms with Crippen molar-refractivity contribution in [2.75, 3.05) is 0 Å². The molecule has 1 aromatic heterocycles. The first-order valence-corrected chi connectivity index (χ1v) is 10.2. The van der Waals surface area contributed by atoms with Gasteiger partial charge in [0.15, 0.2) is 0 Å². The first kappa shape index (κ1) is 18.8. The number of hydrogen-bond acceptors (Lipinski definition) is 5. The molecule has 0 radical (unpaired) electrons. The SMILES string of the molecule is Cc1cc(CN2C(=O)C3=C(CCCC3)C2=O)c(O)c(-n2nc3ccc(Cl)cc3n2)c1. The zero-order valence-electron chi connectivity index (χ0n) is 16.4. The van der Waals surface area contributed by atoms with Crippen LogP contribution in [0.5, 0.6) is 5.75 Å². The topological polar surface area (TPSA) is 88.3 Å². The number of imide groups is 1. The molecule has 0 saturated carbocycles. The van der Waals surface area contributed by atoms with Gasteiger partial charge in [0.1, 0.15) is 22.5 Å². The van der Waals surface area contributed by atoms with E-state index in [1.54, 1.807) is 30.3 Å². The minimum Gasteiger partial charge on any atom is -0.505 e. The average Bonchev–Trinajstić information content (AvgIpc) is 3.25. The Hall–Kier alpha value is -3.19. The lowest BCUT2D eigenvalue weighted by Gasteiger charge is -2.18. The first-order valence-electron chi connectivity index (χ1n) is 9.86. The van der Waals surface area contributed by atoms with E-state index in [4.69, 9.17) is 11.6 Å². The van der Waals surface area contributed by atoms with E-state index in [1.165, 1.54) is 9.70 Å². The molecule has 2 aromatic carbocycles. The lowest BCUT2D eigenvalue weighted by atomic mass is 9.93. The van der Waals surface area contributed by atoms with Crippen LogP contribution in [0.2, 0.25) is 5.02 Å². The third-order valence-corrected chi connectivity index (χ3v) is 5.91. The standard InChI is InChI=1S/C22H19ClN4O3/c1-12-8-13(11-26-21(29)15-4-2-3-5-16(15)22(26)30)20(28)19(9-12)27-24-17-7-6-14(23)10-18(17)25-27/h6-10,28H,2-5,11H2,1H3. The van der Waals surface area contributed by atoms with Gasteiger partial charge in [0.05, 0.1) is 6.54 Å². The van der Waals surface area contributed by atoms with E-state index in [2.05, 4.69) is 10.2 Å². The van der Waals surface area contributed by atoms with Crippen LogP contribution in [0.25, 0.3) is 16.7 Å². The largest absolute Gasteiger partial charge is 0.505 e. The van der Waals surface area contributed by atoms with Gasteiger partial charge in [-0.3, -0.25) is 14.5 Å². The van der Waals surface area contributed by atoms with Crippen LogP contribution in [-0.4, -0.2) is 36.8 Å². The lowest BCUT2D eigenvalue weighted by molar-refractivity contribution is -0.138. The van der Waals surface area contributed by atoms with Crippen LogP contribution in [0.1, 0.15) is 36.8 Å². The molecule has 30 heavy (non-hydrogen) atoms. The van der Waals surface area contributed by atoms with Crippen molar-refractivity contribution in [2.45, 2.75) is 39.2 Å². The summed E-state index contributed by atoms with van der Waals surface area (Å²) in [6, 6.07) is 8.72. The average molecular weight is 423 g/mol. The molecule has 0 fully saturated rings. The molecule has 1 aliphatic carbocycles. The number of nitrogens with zero attached hydrogens (tertiary/aromatic N) is 4. The number of rotatable bonds is 3. The van der Waals surface area contributed by atoms with Crippen molar-refractivity contribution < 1.29 is 14.7 Å². The van der Waals surface area contributed by atoms with Crippen LogP contribution in [0, 0.1) is 6.92 Å². The molecule has 0 unspecified atom stereocenters. The summed E-state index contributed by atoms with van der Waals surface area (Å²) in [4.78, 5) is 28.1. The Morgan fingerprint density at radius 1 is 1.00 bits per heavy atom. The lowest BCUT2D eigenvalue weighted by Crippen LogP contribution is -2.31. The quantitative estimate of drug-likeness (QED) is 0.648. The fourth-order valence-corrected chi connectivity index (χ4v) is 4.38. The number of aromatic nitrogens is 3. The zero-order chi connectivity index (χ0) is 21.0. The summed E-state index contributed by atoms with van der Waals surface area (Å²) in [5.74, 6) is -0.540. The zero-order valence-corrected chi connectivity index (χ0v) is 17.1. The minimum atomic E-state index is -0.241. The number of carbonyl (C=O) groups excluding carboxylic acids is 2. The summed E-state index contributed by atoms with van der Waals surface area (Å²) in [6.45, 7) is 1.89. The van der Waals surface area contributed by atoms with Crippen LogP contribution < -0.4 is 0 Å². The first-order chi connectivity index (χ1) is 14.4. The van der Waals surface area contributed by atoms with Gasteiger partial charge in [0, 0.05) is 21.7 Å². The molecular weight excluding hydrogens is 404 g/mol. The Morgan fingerprint density at radius 2 is 1.67 bits per heavy atom. The van der Waals surface area contributed by atoms with E-state index >= 15 is 0 Å².